The number of methoxy groups -OCH3 is 3. The van der Waals surface area contributed by atoms with E-state index < -0.39 is 30.1 Å². The van der Waals surface area contributed by atoms with Crippen LogP contribution in [0.2, 0.25) is 0 Å². The molecule has 31 heavy (non-hydrogen) atoms. The SMILES string of the molecule is COC(=O)[C@@H]1[C@H](NC(=O)OCc2ccccc2)C(=O)N1Cc1ccc(OC)cc1OC. The van der Waals surface area contributed by atoms with E-state index in [0.29, 0.717) is 17.1 Å². The van der Waals surface area contributed by atoms with Gasteiger partial charge >= 0.3 is 12.1 Å². The van der Waals surface area contributed by atoms with Crippen LogP contribution >= 0.6 is 0 Å². The summed E-state index contributed by atoms with van der Waals surface area (Å²) in [7, 11) is 4.26. The molecule has 1 saturated heterocycles. The Morgan fingerprint density at radius 1 is 1.03 bits per heavy atom. The Morgan fingerprint density at radius 3 is 2.42 bits per heavy atom. The Kier molecular flexibility index (Phi) is 6.96. The summed E-state index contributed by atoms with van der Waals surface area (Å²) >= 11 is 0. The molecule has 1 aliphatic rings. The van der Waals surface area contributed by atoms with Crippen LogP contribution in [0.3, 0.4) is 0 Å². The van der Waals surface area contributed by atoms with Crippen LogP contribution in [0.15, 0.2) is 48.5 Å². The highest BCUT2D eigenvalue weighted by molar-refractivity contribution is 6.01. The number of ether oxygens (including phenoxy) is 4. The lowest BCUT2D eigenvalue weighted by Crippen LogP contribution is -2.73. The van der Waals surface area contributed by atoms with Crippen molar-refractivity contribution >= 4 is 18.0 Å². The molecule has 1 N–H and O–H groups in total. The van der Waals surface area contributed by atoms with Crippen molar-refractivity contribution in [2.24, 2.45) is 0 Å². The number of alkyl carbamates (subject to hydrolysis) is 1. The molecule has 2 aromatic carbocycles. The average molecular weight is 428 g/mol. The van der Waals surface area contributed by atoms with Crippen molar-refractivity contribution in [3.63, 3.8) is 0 Å². The lowest BCUT2D eigenvalue weighted by atomic mass is 9.94. The number of hydrogen-bond donors (Lipinski definition) is 1. The van der Waals surface area contributed by atoms with Crippen molar-refractivity contribution in [2.45, 2.75) is 25.2 Å². The predicted octanol–water partition coefficient (Wildman–Crippen LogP) is 1.88. The highest BCUT2D eigenvalue weighted by Crippen LogP contribution is 2.30. The molecule has 0 bridgehead atoms. The average Bonchev–Trinajstić information content (AvgIpc) is 2.81. The van der Waals surface area contributed by atoms with Gasteiger partial charge in [0.2, 0.25) is 5.91 Å². The second-order valence-corrected chi connectivity index (χ2v) is 6.80. The van der Waals surface area contributed by atoms with Crippen molar-refractivity contribution in [2.75, 3.05) is 21.3 Å². The first-order valence-corrected chi connectivity index (χ1v) is 9.55. The smallest absolute Gasteiger partial charge is 0.408 e. The summed E-state index contributed by atoms with van der Waals surface area (Å²) in [6, 6.07) is 12.2. The number of nitrogens with zero attached hydrogens (tertiary/aromatic N) is 1. The van der Waals surface area contributed by atoms with Crippen molar-refractivity contribution in [1.29, 1.82) is 0 Å². The minimum Gasteiger partial charge on any atom is -0.497 e. The number of benzene rings is 2. The number of amides is 2. The fourth-order valence-corrected chi connectivity index (χ4v) is 3.31. The molecule has 1 heterocycles. The lowest BCUT2D eigenvalue weighted by molar-refractivity contribution is -0.169. The summed E-state index contributed by atoms with van der Waals surface area (Å²) in [4.78, 5) is 38.5. The molecule has 3 rings (SSSR count). The summed E-state index contributed by atoms with van der Waals surface area (Å²) in [6.07, 6.45) is -0.794. The number of carbonyl (C=O) groups excluding carboxylic acids is 3. The molecule has 9 heteroatoms. The van der Waals surface area contributed by atoms with Gasteiger partial charge in [-0.05, 0) is 17.7 Å². The number of esters is 1. The maximum atomic E-state index is 12.7. The molecule has 0 saturated carbocycles. The van der Waals surface area contributed by atoms with Gasteiger partial charge in [-0.3, -0.25) is 4.79 Å². The van der Waals surface area contributed by atoms with E-state index >= 15 is 0 Å². The van der Waals surface area contributed by atoms with E-state index in [1.54, 1.807) is 18.2 Å². The van der Waals surface area contributed by atoms with Gasteiger partial charge in [0, 0.05) is 11.6 Å². The third-order valence-corrected chi connectivity index (χ3v) is 4.96. The van der Waals surface area contributed by atoms with E-state index in [0.717, 1.165) is 5.56 Å². The lowest BCUT2D eigenvalue weighted by Gasteiger charge is -2.45. The van der Waals surface area contributed by atoms with Crippen molar-refractivity contribution in [1.82, 2.24) is 10.2 Å². The fourth-order valence-electron chi connectivity index (χ4n) is 3.31. The molecule has 2 aromatic rings. The van der Waals surface area contributed by atoms with Crippen molar-refractivity contribution in [3.05, 3.63) is 59.7 Å². The minimum atomic E-state index is -1.07. The molecule has 0 aliphatic carbocycles. The van der Waals surface area contributed by atoms with Gasteiger partial charge in [0.25, 0.3) is 0 Å². The zero-order chi connectivity index (χ0) is 22.4. The first kappa shape index (κ1) is 21.9. The Bertz CT molecular complexity index is 948. The first-order valence-electron chi connectivity index (χ1n) is 9.55. The molecule has 0 unspecified atom stereocenters. The van der Waals surface area contributed by atoms with E-state index in [-0.39, 0.29) is 13.2 Å². The van der Waals surface area contributed by atoms with Crippen LogP contribution in [0.5, 0.6) is 11.5 Å². The van der Waals surface area contributed by atoms with E-state index in [9.17, 15) is 14.4 Å². The molecule has 0 aromatic heterocycles. The van der Waals surface area contributed by atoms with Gasteiger partial charge in [-0.25, -0.2) is 9.59 Å². The van der Waals surface area contributed by atoms with E-state index in [1.807, 2.05) is 30.3 Å². The van der Waals surface area contributed by atoms with Gasteiger partial charge in [-0.15, -0.1) is 0 Å². The summed E-state index contributed by atoms with van der Waals surface area (Å²) in [6.45, 7) is 0.145. The molecule has 164 valence electrons. The highest BCUT2D eigenvalue weighted by Gasteiger charge is 2.53. The monoisotopic (exact) mass is 428 g/mol. The third-order valence-electron chi connectivity index (χ3n) is 4.96. The van der Waals surface area contributed by atoms with Gasteiger partial charge in [0.05, 0.1) is 27.9 Å². The summed E-state index contributed by atoms with van der Waals surface area (Å²) < 4.78 is 20.5. The normalized spacial score (nSPS) is 17.4. The second-order valence-electron chi connectivity index (χ2n) is 6.80. The van der Waals surface area contributed by atoms with Crippen LogP contribution < -0.4 is 14.8 Å². The number of nitrogens with one attached hydrogen (secondary N) is 1. The number of rotatable bonds is 8. The summed E-state index contributed by atoms with van der Waals surface area (Å²) in [5.41, 5.74) is 1.48. The predicted molar refractivity (Wildman–Crippen MR) is 109 cm³/mol. The molecular weight excluding hydrogens is 404 g/mol. The number of likely N-dealkylation sites (tertiary alicyclic amines) is 1. The molecule has 1 aliphatic heterocycles. The zero-order valence-corrected chi connectivity index (χ0v) is 17.5. The van der Waals surface area contributed by atoms with Crippen molar-refractivity contribution < 1.29 is 33.3 Å². The van der Waals surface area contributed by atoms with Gasteiger partial charge in [-0.2, -0.15) is 0 Å². The Balaban J connectivity index is 1.67. The van der Waals surface area contributed by atoms with Gasteiger partial charge in [0.1, 0.15) is 24.1 Å². The van der Waals surface area contributed by atoms with Crippen molar-refractivity contribution in [3.8, 4) is 11.5 Å². The Hall–Kier alpha value is -3.75. The molecule has 2 atom stereocenters. The molecule has 1 fully saturated rings. The first-order chi connectivity index (χ1) is 15.0. The summed E-state index contributed by atoms with van der Waals surface area (Å²) in [5, 5.41) is 2.46. The summed E-state index contributed by atoms with van der Waals surface area (Å²) in [5.74, 6) is 0.0422. The standard InChI is InChI=1S/C22H24N2O7/c1-28-16-10-9-15(17(11-16)29-2)12-24-19(21(26)30-3)18(20(24)25)23-22(27)31-13-14-7-5-4-6-8-14/h4-11,18-19H,12-13H2,1-3H3,(H,23,27)/t18-,19-/m0/s1. The second kappa shape index (κ2) is 9.84. The maximum Gasteiger partial charge on any atom is 0.408 e. The van der Waals surface area contributed by atoms with Gasteiger partial charge in [-0.1, -0.05) is 30.3 Å². The zero-order valence-electron chi connectivity index (χ0n) is 17.5. The van der Waals surface area contributed by atoms with Crippen LogP contribution in [0.25, 0.3) is 0 Å². The maximum absolute atomic E-state index is 12.7. The highest BCUT2D eigenvalue weighted by atomic mass is 16.5. The largest absolute Gasteiger partial charge is 0.497 e. The number of carbonyl (C=O) groups is 3. The minimum absolute atomic E-state index is 0.0449. The van der Waals surface area contributed by atoms with Crippen LogP contribution in [0.4, 0.5) is 4.79 Å². The van der Waals surface area contributed by atoms with Gasteiger partial charge < -0.3 is 29.2 Å². The van der Waals surface area contributed by atoms with E-state index in [2.05, 4.69) is 5.32 Å². The van der Waals surface area contributed by atoms with Crippen LogP contribution in [0, 0.1) is 0 Å². The number of β-lactam (4-membered cyclic amide) rings is 1. The van der Waals surface area contributed by atoms with Gasteiger partial charge in [0.15, 0.2) is 6.04 Å². The Labute approximate surface area is 179 Å². The fraction of sp³-hybridized carbons (Fsp3) is 0.318. The van der Waals surface area contributed by atoms with Crippen LogP contribution in [-0.2, 0) is 32.2 Å². The molecule has 0 radical (unpaired) electrons. The topological polar surface area (TPSA) is 103 Å². The molecule has 0 spiro atoms. The van der Waals surface area contributed by atoms with Crippen LogP contribution in [0.1, 0.15) is 11.1 Å². The molecule has 9 nitrogen and oxygen atoms in total. The number of hydrogen-bond acceptors (Lipinski definition) is 7. The molecule has 2 amide bonds. The van der Waals surface area contributed by atoms with Crippen LogP contribution in [-0.4, -0.2) is 56.3 Å². The third kappa shape index (κ3) is 4.88. The Morgan fingerprint density at radius 2 is 1.77 bits per heavy atom. The molecular formula is C22H24N2O7. The van der Waals surface area contributed by atoms with E-state index in [4.69, 9.17) is 18.9 Å². The quantitative estimate of drug-likeness (QED) is 0.506. The van der Waals surface area contributed by atoms with E-state index in [1.165, 1.54) is 26.2 Å².